The molecule has 17 heavy (non-hydrogen) atoms. The van der Waals surface area contributed by atoms with Crippen molar-refractivity contribution in [3.05, 3.63) is 16.6 Å². The molecule has 2 heterocycles. The summed E-state index contributed by atoms with van der Waals surface area (Å²) in [6, 6.07) is 0. The maximum Gasteiger partial charge on any atom is 0.243 e. The third-order valence-electron chi connectivity index (χ3n) is 2.90. The van der Waals surface area contributed by atoms with Gasteiger partial charge in [0.05, 0.1) is 12.1 Å². The van der Waals surface area contributed by atoms with Crippen molar-refractivity contribution < 1.29 is 9.53 Å². The van der Waals surface area contributed by atoms with Crippen LogP contribution in [0.1, 0.15) is 25.3 Å². The molecule has 3 N–H and O–H groups in total. The zero-order valence-corrected chi connectivity index (χ0v) is 10.8. The average molecular weight is 255 g/mol. The maximum absolute atomic E-state index is 12.1. The Bertz CT molecular complexity index is 397. The first kappa shape index (κ1) is 12.5. The lowest BCUT2D eigenvalue weighted by Gasteiger charge is -2.29. The molecule has 0 aromatic carbocycles. The first-order valence-corrected chi connectivity index (χ1v) is 6.41. The second-order valence-corrected chi connectivity index (χ2v) is 5.77. The highest BCUT2D eigenvalue weighted by Gasteiger charge is 2.41. The van der Waals surface area contributed by atoms with E-state index in [4.69, 9.17) is 10.5 Å². The Morgan fingerprint density at radius 2 is 2.47 bits per heavy atom. The molecular weight excluding hydrogens is 238 g/mol. The van der Waals surface area contributed by atoms with E-state index in [1.165, 1.54) is 11.3 Å². The van der Waals surface area contributed by atoms with E-state index in [-0.39, 0.29) is 12.5 Å². The molecule has 1 aliphatic rings. The molecule has 1 saturated heterocycles. The van der Waals surface area contributed by atoms with Gasteiger partial charge in [-0.1, -0.05) is 0 Å². The lowest BCUT2D eigenvalue weighted by Crippen LogP contribution is -2.58. The SMILES string of the molecule is CC(C)(NC(=O)C1(N)CCOC1)c1nccs1. The molecule has 1 aromatic rings. The molecule has 1 unspecified atom stereocenters. The molecule has 6 heteroatoms. The van der Waals surface area contributed by atoms with Crippen LogP contribution < -0.4 is 11.1 Å². The minimum Gasteiger partial charge on any atom is -0.379 e. The molecule has 1 aromatic heterocycles. The highest BCUT2D eigenvalue weighted by molar-refractivity contribution is 7.09. The smallest absolute Gasteiger partial charge is 0.243 e. The van der Waals surface area contributed by atoms with E-state index in [0.717, 1.165) is 5.01 Å². The molecule has 0 bridgehead atoms. The van der Waals surface area contributed by atoms with Crippen molar-refractivity contribution in [1.29, 1.82) is 0 Å². The fraction of sp³-hybridized carbons (Fsp3) is 0.636. The largest absolute Gasteiger partial charge is 0.379 e. The molecule has 1 fully saturated rings. The third kappa shape index (κ3) is 2.48. The van der Waals surface area contributed by atoms with Crippen molar-refractivity contribution >= 4 is 17.2 Å². The zero-order valence-electron chi connectivity index (χ0n) is 10.0. The number of amides is 1. The maximum atomic E-state index is 12.1. The molecule has 94 valence electrons. The summed E-state index contributed by atoms with van der Waals surface area (Å²) in [6.07, 6.45) is 2.29. The van der Waals surface area contributed by atoms with Crippen molar-refractivity contribution in [2.45, 2.75) is 31.3 Å². The van der Waals surface area contributed by atoms with Crippen molar-refractivity contribution in [1.82, 2.24) is 10.3 Å². The second-order valence-electron chi connectivity index (χ2n) is 4.88. The van der Waals surface area contributed by atoms with Crippen LogP contribution in [0.4, 0.5) is 0 Å². The Morgan fingerprint density at radius 3 is 3.00 bits per heavy atom. The van der Waals surface area contributed by atoms with Gasteiger partial charge in [-0.05, 0) is 20.3 Å². The van der Waals surface area contributed by atoms with Crippen LogP contribution in [-0.2, 0) is 15.1 Å². The van der Waals surface area contributed by atoms with Gasteiger partial charge in [0, 0.05) is 18.2 Å². The minimum absolute atomic E-state index is 0.171. The first-order valence-electron chi connectivity index (χ1n) is 5.53. The number of nitrogens with zero attached hydrogens (tertiary/aromatic N) is 1. The van der Waals surface area contributed by atoms with E-state index in [2.05, 4.69) is 10.3 Å². The summed E-state index contributed by atoms with van der Waals surface area (Å²) in [5.41, 5.74) is 4.62. The topological polar surface area (TPSA) is 77.2 Å². The normalized spacial score (nSPS) is 24.9. The zero-order chi connectivity index (χ0) is 12.5. The number of nitrogens with two attached hydrogens (primary N) is 1. The van der Waals surface area contributed by atoms with Gasteiger partial charge in [-0.15, -0.1) is 11.3 Å². The quantitative estimate of drug-likeness (QED) is 0.829. The van der Waals surface area contributed by atoms with E-state index in [9.17, 15) is 4.79 Å². The van der Waals surface area contributed by atoms with Crippen LogP contribution in [-0.4, -0.2) is 29.6 Å². The molecule has 1 atom stereocenters. The van der Waals surface area contributed by atoms with Crippen molar-refractivity contribution in [2.75, 3.05) is 13.2 Å². The van der Waals surface area contributed by atoms with E-state index < -0.39 is 11.1 Å². The van der Waals surface area contributed by atoms with Gasteiger partial charge in [-0.2, -0.15) is 0 Å². The van der Waals surface area contributed by atoms with Crippen molar-refractivity contribution in [3.63, 3.8) is 0 Å². The summed E-state index contributed by atoms with van der Waals surface area (Å²) in [5, 5.41) is 5.70. The summed E-state index contributed by atoms with van der Waals surface area (Å²) in [6.45, 7) is 4.67. The van der Waals surface area contributed by atoms with E-state index in [0.29, 0.717) is 13.0 Å². The Kier molecular flexibility index (Phi) is 3.20. The van der Waals surface area contributed by atoms with Gasteiger partial charge in [0.1, 0.15) is 10.5 Å². The lowest BCUT2D eigenvalue weighted by molar-refractivity contribution is -0.128. The fourth-order valence-corrected chi connectivity index (χ4v) is 2.47. The van der Waals surface area contributed by atoms with Gasteiger partial charge in [0.2, 0.25) is 5.91 Å². The molecule has 5 nitrogen and oxygen atoms in total. The molecule has 0 saturated carbocycles. The summed E-state index contributed by atoms with van der Waals surface area (Å²) in [4.78, 5) is 16.4. The van der Waals surface area contributed by atoms with Crippen LogP contribution in [0, 0.1) is 0 Å². The molecule has 0 aliphatic carbocycles. The van der Waals surface area contributed by atoms with Crippen LogP contribution >= 0.6 is 11.3 Å². The number of aromatic nitrogens is 1. The Hall–Kier alpha value is -0.980. The summed E-state index contributed by atoms with van der Waals surface area (Å²) >= 11 is 1.52. The van der Waals surface area contributed by atoms with E-state index in [1.54, 1.807) is 6.20 Å². The predicted molar refractivity (Wildman–Crippen MR) is 65.6 cm³/mol. The number of carbonyl (C=O) groups excluding carboxylic acids is 1. The van der Waals surface area contributed by atoms with E-state index in [1.807, 2.05) is 19.2 Å². The summed E-state index contributed by atoms with van der Waals surface area (Å²) < 4.78 is 5.19. The Morgan fingerprint density at radius 1 is 1.71 bits per heavy atom. The Balaban J connectivity index is 2.08. The molecule has 1 amide bonds. The van der Waals surface area contributed by atoms with Gasteiger partial charge in [-0.25, -0.2) is 4.98 Å². The molecular formula is C11H17N3O2S. The molecule has 1 aliphatic heterocycles. The van der Waals surface area contributed by atoms with Crippen LogP contribution in [0.2, 0.25) is 0 Å². The fourth-order valence-electron chi connectivity index (χ4n) is 1.75. The van der Waals surface area contributed by atoms with Crippen molar-refractivity contribution in [2.24, 2.45) is 5.73 Å². The molecule has 2 rings (SSSR count). The minimum atomic E-state index is -0.894. The number of hydrogen-bond donors (Lipinski definition) is 2. The Labute approximate surface area is 104 Å². The molecule has 0 spiro atoms. The standard InChI is InChI=1S/C11H17N3O2S/c1-10(2,9-13-4-6-17-9)14-8(15)11(12)3-5-16-7-11/h4,6H,3,5,7,12H2,1-2H3,(H,14,15). The van der Waals surface area contributed by atoms with Crippen LogP contribution in [0.25, 0.3) is 0 Å². The van der Waals surface area contributed by atoms with Crippen LogP contribution in [0.5, 0.6) is 0 Å². The van der Waals surface area contributed by atoms with Gasteiger partial charge >= 0.3 is 0 Å². The summed E-state index contributed by atoms with van der Waals surface area (Å²) in [5.74, 6) is -0.171. The summed E-state index contributed by atoms with van der Waals surface area (Å²) in [7, 11) is 0. The number of carbonyl (C=O) groups is 1. The van der Waals surface area contributed by atoms with Crippen LogP contribution in [0.3, 0.4) is 0 Å². The van der Waals surface area contributed by atoms with Gasteiger partial charge in [-0.3, -0.25) is 4.79 Å². The molecule has 0 radical (unpaired) electrons. The number of rotatable bonds is 3. The van der Waals surface area contributed by atoms with Crippen molar-refractivity contribution in [3.8, 4) is 0 Å². The van der Waals surface area contributed by atoms with Crippen LogP contribution in [0.15, 0.2) is 11.6 Å². The lowest BCUT2D eigenvalue weighted by atomic mass is 9.96. The second kappa shape index (κ2) is 4.36. The number of thiazole rings is 1. The number of ether oxygens (including phenoxy) is 1. The first-order chi connectivity index (χ1) is 7.94. The average Bonchev–Trinajstić information content (AvgIpc) is 2.87. The number of nitrogens with one attached hydrogen (secondary N) is 1. The van der Waals surface area contributed by atoms with Gasteiger partial charge in [0.15, 0.2) is 0 Å². The highest BCUT2D eigenvalue weighted by Crippen LogP contribution is 2.24. The number of hydrogen-bond acceptors (Lipinski definition) is 5. The van der Waals surface area contributed by atoms with Gasteiger partial charge in [0.25, 0.3) is 0 Å². The monoisotopic (exact) mass is 255 g/mol. The highest BCUT2D eigenvalue weighted by atomic mass is 32.1. The predicted octanol–water partition coefficient (Wildman–Crippen LogP) is 0.612. The van der Waals surface area contributed by atoms with Gasteiger partial charge < -0.3 is 15.8 Å². The van der Waals surface area contributed by atoms with E-state index >= 15 is 0 Å². The third-order valence-corrected chi connectivity index (χ3v) is 3.99.